The minimum Gasteiger partial charge on any atom is -0.384 e. The van der Waals surface area contributed by atoms with E-state index in [1.165, 1.54) is 32.1 Å². The van der Waals surface area contributed by atoms with Gasteiger partial charge in [-0.15, -0.1) is 0 Å². The third kappa shape index (κ3) is 5.75. The van der Waals surface area contributed by atoms with Gasteiger partial charge in [-0.2, -0.15) is 0 Å². The molecule has 0 saturated heterocycles. The molecule has 0 bridgehead atoms. The smallest absolute Gasteiger partial charge is 0.229 e. The fourth-order valence-corrected chi connectivity index (χ4v) is 3.56. The van der Waals surface area contributed by atoms with Crippen molar-refractivity contribution in [3.05, 3.63) is 23.2 Å². The molecule has 1 aliphatic rings. The van der Waals surface area contributed by atoms with Crippen molar-refractivity contribution >= 4 is 33.0 Å². The molecule has 118 valence electrons. The van der Waals surface area contributed by atoms with Crippen LogP contribution in [0, 0.1) is 5.92 Å². The first kappa shape index (κ1) is 16.4. The lowest BCUT2D eigenvalue weighted by atomic mass is 9.87. The van der Waals surface area contributed by atoms with Gasteiger partial charge in [0.1, 0.15) is 0 Å². The third-order valence-corrected chi connectivity index (χ3v) is 4.80. The lowest BCUT2D eigenvalue weighted by molar-refractivity contribution is 0.345. The third-order valence-electron chi connectivity index (χ3n) is 3.86. The topological polar surface area (TPSA) is 58.2 Å². The Morgan fingerprint density at radius 1 is 1.24 bits per heavy atom. The molecule has 0 unspecified atom stereocenters. The van der Waals surface area contributed by atoms with Gasteiger partial charge in [0, 0.05) is 6.54 Å². The van der Waals surface area contributed by atoms with Crippen LogP contribution in [0.5, 0.6) is 0 Å². The monoisotopic (exact) mass is 330 g/mol. The quantitative estimate of drug-likeness (QED) is 0.825. The van der Waals surface area contributed by atoms with Crippen molar-refractivity contribution in [3.8, 4) is 0 Å². The van der Waals surface area contributed by atoms with Crippen LogP contribution in [-0.2, 0) is 10.0 Å². The molecule has 4 nitrogen and oxygen atoms in total. The number of rotatable bonds is 6. The van der Waals surface area contributed by atoms with Crippen LogP contribution in [0.3, 0.4) is 0 Å². The summed E-state index contributed by atoms with van der Waals surface area (Å²) in [7, 11) is -3.27. The summed E-state index contributed by atoms with van der Waals surface area (Å²) < 4.78 is 25.0. The summed E-state index contributed by atoms with van der Waals surface area (Å²) in [5.74, 6) is 0.808. The van der Waals surface area contributed by atoms with Crippen molar-refractivity contribution in [2.45, 2.75) is 38.5 Å². The first-order chi connectivity index (χ1) is 9.94. The van der Waals surface area contributed by atoms with Gasteiger partial charge < -0.3 is 5.32 Å². The zero-order valence-electron chi connectivity index (χ0n) is 12.4. The van der Waals surface area contributed by atoms with Crippen LogP contribution in [0.4, 0.5) is 11.4 Å². The maximum Gasteiger partial charge on any atom is 0.229 e. The van der Waals surface area contributed by atoms with E-state index >= 15 is 0 Å². The number of nitrogens with one attached hydrogen (secondary N) is 2. The molecule has 1 saturated carbocycles. The summed E-state index contributed by atoms with van der Waals surface area (Å²) in [6.45, 7) is 0.868. The molecule has 1 aromatic rings. The fourth-order valence-electron chi connectivity index (χ4n) is 2.83. The summed E-state index contributed by atoms with van der Waals surface area (Å²) in [6.07, 6.45) is 8.99. The zero-order chi connectivity index (χ0) is 15.3. The van der Waals surface area contributed by atoms with Crippen LogP contribution in [0.1, 0.15) is 38.5 Å². The Hall–Kier alpha value is -0.940. The molecule has 0 atom stereocenters. The highest BCUT2D eigenvalue weighted by molar-refractivity contribution is 7.92. The molecule has 1 aliphatic carbocycles. The van der Waals surface area contributed by atoms with E-state index in [1.807, 2.05) is 0 Å². The van der Waals surface area contributed by atoms with Gasteiger partial charge in [-0.3, -0.25) is 4.72 Å². The highest BCUT2D eigenvalue weighted by atomic mass is 35.5. The predicted octanol–water partition coefficient (Wildman–Crippen LogP) is 4.09. The van der Waals surface area contributed by atoms with Crippen LogP contribution in [0.15, 0.2) is 18.2 Å². The minimum absolute atomic E-state index is 0.530. The number of anilines is 2. The number of hydrogen-bond donors (Lipinski definition) is 2. The molecule has 0 aromatic heterocycles. The van der Waals surface area contributed by atoms with E-state index in [4.69, 9.17) is 11.6 Å². The molecule has 0 radical (unpaired) electrons. The van der Waals surface area contributed by atoms with E-state index in [9.17, 15) is 8.42 Å². The molecule has 0 aliphatic heterocycles. The minimum atomic E-state index is -3.27. The van der Waals surface area contributed by atoms with Crippen molar-refractivity contribution in [2.24, 2.45) is 5.92 Å². The number of sulfonamides is 1. The van der Waals surface area contributed by atoms with Gasteiger partial charge in [-0.1, -0.05) is 43.7 Å². The fraction of sp³-hybridized carbons (Fsp3) is 0.600. The Bertz CT molecular complexity index is 569. The average molecular weight is 331 g/mol. The van der Waals surface area contributed by atoms with Crippen LogP contribution < -0.4 is 10.0 Å². The van der Waals surface area contributed by atoms with E-state index in [-0.39, 0.29) is 0 Å². The second-order valence-corrected chi connectivity index (χ2v) is 7.94. The zero-order valence-corrected chi connectivity index (χ0v) is 13.9. The van der Waals surface area contributed by atoms with Gasteiger partial charge in [0.2, 0.25) is 10.0 Å². The van der Waals surface area contributed by atoms with Crippen molar-refractivity contribution in [1.82, 2.24) is 0 Å². The molecule has 0 spiro atoms. The first-order valence-corrected chi connectivity index (χ1v) is 9.72. The van der Waals surface area contributed by atoms with Gasteiger partial charge in [-0.05, 0) is 30.5 Å². The highest BCUT2D eigenvalue weighted by Crippen LogP contribution is 2.28. The molecule has 2 rings (SSSR count). The average Bonchev–Trinajstić information content (AvgIpc) is 2.42. The second kappa shape index (κ2) is 7.36. The molecule has 0 amide bonds. The van der Waals surface area contributed by atoms with Crippen molar-refractivity contribution in [2.75, 3.05) is 22.8 Å². The molecular formula is C15H23ClN2O2S. The van der Waals surface area contributed by atoms with E-state index in [1.54, 1.807) is 18.2 Å². The summed E-state index contributed by atoms with van der Waals surface area (Å²) in [5.41, 5.74) is 1.31. The molecule has 0 heterocycles. The standard InChI is InChI=1S/C15H23ClN2O2S/c1-21(19,20)18-13-7-8-14(16)15(11-13)17-10-9-12-5-3-2-4-6-12/h7-8,11-12,17-18H,2-6,9-10H2,1H3. The maximum atomic E-state index is 11.3. The Morgan fingerprint density at radius 2 is 1.95 bits per heavy atom. The van der Waals surface area contributed by atoms with Crippen molar-refractivity contribution in [3.63, 3.8) is 0 Å². The van der Waals surface area contributed by atoms with Crippen LogP contribution >= 0.6 is 11.6 Å². The Balaban J connectivity index is 1.90. The molecule has 2 N–H and O–H groups in total. The maximum absolute atomic E-state index is 11.3. The van der Waals surface area contributed by atoms with Crippen molar-refractivity contribution < 1.29 is 8.42 Å². The predicted molar refractivity (Wildman–Crippen MR) is 89.6 cm³/mol. The Labute approximate surface area is 132 Å². The van der Waals surface area contributed by atoms with Gasteiger partial charge in [0.15, 0.2) is 0 Å². The highest BCUT2D eigenvalue weighted by Gasteiger charge is 2.13. The van der Waals surface area contributed by atoms with E-state index < -0.39 is 10.0 Å². The van der Waals surface area contributed by atoms with Gasteiger partial charge in [-0.25, -0.2) is 8.42 Å². The molecular weight excluding hydrogens is 308 g/mol. The van der Waals surface area contributed by atoms with Gasteiger partial charge >= 0.3 is 0 Å². The first-order valence-electron chi connectivity index (χ1n) is 7.45. The molecule has 21 heavy (non-hydrogen) atoms. The molecule has 1 fully saturated rings. The lowest BCUT2D eigenvalue weighted by Crippen LogP contribution is -2.13. The largest absolute Gasteiger partial charge is 0.384 e. The van der Waals surface area contributed by atoms with Crippen LogP contribution in [0.25, 0.3) is 0 Å². The van der Waals surface area contributed by atoms with Crippen LogP contribution in [-0.4, -0.2) is 21.2 Å². The number of benzene rings is 1. The molecule has 6 heteroatoms. The summed E-state index contributed by atoms with van der Waals surface area (Å²) in [4.78, 5) is 0. The Morgan fingerprint density at radius 3 is 2.62 bits per heavy atom. The lowest BCUT2D eigenvalue weighted by Gasteiger charge is -2.22. The molecule has 1 aromatic carbocycles. The van der Waals surface area contributed by atoms with E-state index in [0.29, 0.717) is 10.7 Å². The van der Waals surface area contributed by atoms with Gasteiger partial charge in [0.05, 0.1) is 22.7 Å². The Kier molecular flexibility index (Phi) is 5.76. The van der Waals surface area contributed by atoms with E-state index in [2.05, 4.69) is 10.0 Å². The second-order valence-electron chi connectivity index (χ2n) is 5.79. The van der Waals surface area contributed by atoms with Crippen molar-refractivity contribution in [1.29, 1.82) is 0 Å². The summed E-state index contributed by atoms with van der Waals surface area (Å²) >= 11 is 6.15. The number of halogens is 1. The van der Waals surface area contributed by atoms with Crippen LogP contribution in [0.2, 0.25) is 5.02 Å². The number of hydrogen-bond acceptors (Lipinski definition) is 3. The SMILES string of the molecule is CS(=O)(=O)Nc1ccc(Cl)c(NCCC2CCCCC2)c1. The summed E-state index contributed by atoms with van der Waals surface area (Å²) in [5, 5.41) is 3.93. The summed E-state index contributed by atoms with van der Waals surface area (Å²) in [6, 6.07) is 5.11. The van der Waals surface area contributed by atoms with Gasteiger partial charge in [0.25, 0.3) is 0 Å². The van der Waals surface area contributed by atoms with E-state index in [0.717, 1.165) is 30.8 Å². The normalized spacial score (nSPS) is 16.7.